The summed E-state index contributed by atoms with van der Waals surface area (Å²) in [4.78, 5) is 38.5. The van der Waals surface area contributed by atoms with Crippen LogP contribution in [0.15, 0.2) is 16.5 Å². The summed E-state index contributed by atoms with van der Waals surface area (Å²) in [6.07, 6.45) is 2.72. The normalized spacial score (nSPS) is 13.4. The fourth-order valence-corrected chi connectivity index (χ4v) is 5.34. The van der Waals surface area contributed by atoms with Gasteiger partial charge in [-0.2, -0.15) is 0 Å². The molecule has 2 aromatic heterocycles. The molecule has 7 nitrogen and oxygen atoms in total. The van der Waals surface area contributed by atoms with Crippen molar-refractivity contribution in [2.45, 2.75) is 43.5 Å². The van der Waals surface area contributed by atoms with E-state index < -0.39 is 0 Å². The maximum atomic E-state index is 12.4. The number of anilines is 1. The Labute approximate surface area is 169 Å². The van der Waals surface area contributed by atoms with Crippen LogP contribution in [0.2, 0.25) is 0 Å². The number of ketones is 1. The highest BCUT2D eigenvalue weighted by molar-refractivity contribution is 8.01. The Bertz CT molecular complexity index is 844. The lowest BCUT2D eigenvalue weighted by atomic mass is 10.3. The first kappa shape index (κ1) is 20.0. The minimum absolute atomic E-state index is 0.0216. The highest BCUT2D eigenvalue weighted by atomic mass is 32.2. The Morgan fingerprint density at radius 2 is 2.00 bits per heavy atom. The maximum Gasteiger partial charge on any atom is 0.225 e. The lowest BCUT2D eigenvalue weighted by Crippen LogP contribution is -2.30. The molecule has 0 aliphatic heterocycles. The van der Waals surface area contributed by atoms with Crippen LogP contribution in [0.3, 0.4) is 0 Å². The molecule has 0 unspecified atom stereocenters. The molecule has 0 spiro atoms. The molecule has 2 heterocycles. The van der Waals surface area contributed by atoms with E-state index in [4.69, 9.17) is 0 Å². The topological polar surface area (TPSA) is 92.3 Å². The van der Waals surface area contributed by atoms with E-state index in [-0.39, 0.29) is 29.4 Å². The molecule has 1 N–H and O–H groups in total. The first-order valence-electron chi connectivity index (χ1n) is 8.56. The van der Waals surface area contributed by atoms with E-state index >= 15 is 0 Å². The molecular formula is C17H20N4O3S3. The quantitative estimate of drug-likeness (QED) is 0.378. The van der Waals surface area contributed by atoms with Crippen molar-refractivity contribution in [1.82, 2.24) is 15.5 Å². The summed E-state index contributed by atoms with van der Waals surface area (Å²) in [6, 6.07) is 4.00. The third kappa shape index (κ3) is 5.60. The van der Waals surface area contributed by atoms with Crippen molar-refractivity contribution >= 4 is 57.2 Å². The van der Waals surface area contributed by atoms with Gasteiger partial charge in [-0.05, 0) is 31.4 Å². The van der Waals surface area contributed by atoms with Crippen LogP contribution < -0.4 is 10.2 Å². The van der Waals surface area contributed by atoms with Gasteiger partial charge in [-0.3, -0.25) is 19.3 Å². The summed E-state index contributed by atoms with van der Waals surface area (Å²) >= 11 is 4.15. The maximum absolute atomic E-state index is 12.4. The van der Waals surface area contributed by atoms with Gasteiger partial charge in [-0.25, -0.2) is 0 Å². The highest BCUT2D eigenvalue weighted by Gasteiger charge is 2.34. The van der Waals surface area contributed by atoms with E-state index in [1.807, 2.05) is 12.1 Å². The monoisotopic (exact) mass is 424 g/mol. The number of amides is 2. The van der Waals surface area contributed by atoms with Gasteiger partial charge in [0, 0.05) is 31.3 Å². The van der Waals surface area contributed by atoms with Crippen molar-refractivity contribution in [2.24, 2.45) is 0 Å². The van der Waals surface area contributed by atoms with Crippen LogP contribution in [-0.2, 0) is 16.0 Å². The van der Waals surface area contributed by atoms with E-state index in [1.54, 1.807) is 4.90 Å². The van der Waals surface area contributed by atoms with E-state index in [0.717, 1.165) is 17.7 Å². The van der Waals surface area contributed by atoms with Gasteiger partial charge >= 0.3 is 0 Å². The number of carbonyl (C=O) groups is 3. The summed E-state index contributed by atoms with van der Waals surface area (Å²) < 4.78 is 0.688. The average molecular weight is 425 g/mol. The molecule has 1 aliphatic carbocycles. The van der Waals surface area contributed by atoms with Crippen molar-refractivity contribution in [3.8, 4) is 0 Å². The van der Waals surface area contributed by atoms with Crippen molar-refractivity contribution < 1.29 is 14.4 Å². The number of thiophene rings is 1. The molecule has 0 bridgehead atoms. The largest absolute Gasteiger partial charge is 0.356 e. The molecule has 0 radical (unpaired) electrons. The zero-order valence-corrected chi connectivity index (χ0v) is 17.5. The number of aromatic nitrogens is 2. The van der Waals surface area contributed by atoms with Crippen LogP contribution in [0, 0.1) is 0 Å². The number of rotatable bonds is 9. The summed E-state index contributed by atoms with van der Waals surface area (Å²) in [5.74, 6) is 0.245. The van der Waals surface area contributed by atoms with Crippen LogP contribution in [-0.4, -0.2) is 46.1 Å². The first-order valence-corrected chi connectivity index (χ1v) is 11.2. The summed E-state index contributed by atoms with van der Waals surface area (Å²) in [5, 5.41) is 11.6. The summed E-state index contributed by atoms with van der Waals surface area (Å²) in [7, 11) is 0. The van der Waals surface area contributed by atoms with Gasteiger partial charge in [0.05, 0.1) is 10.6 Å². The minimum Gasteiger partial charge on any atom is -0.356 e. The Hall–Kier alpha value is -1.78. The van der Waals surface area contributed by atoms with Crippen molar-refractivity contribution in [3.05, 3.63) is 21.9 Å². The minimum atomic E-state index is -0.0549. The molecule has 1 fully saturated rings. The molecule has 10 heteroatoms. The predicted molar refractivity (Wildman–Crippen MR) is 108 cm³/mol. The fraction of sp³-hybridized carbons (Fsp3) is 0.471. The Kier molecular flexibility index (Phi) is 6.61. The Morgan fingerprint density at radius 3 is 2.67 bits per heavy atom. The van der Waals surface area contributed by atoms with Gasteiger partial charge in [0.1, 0.15) is 0 Å². The molecule has 0 atom stereocenters. The second kappa shape index (κ2) is 8.94. The second-order valence-electron chi connectivity index (χ2n) is 6.18. The first-order chi connectivity index (χ1) is 12.9. The number of Topliss-reactive ketones (excluding diaryl/α,β-unsaturated/α-hetero) is 1. The van der Waals surface area contributed by atoms with Crippen molar-refractivity contribution in [2.75, 3.05) is 17.2 Å². The van der Waals surface area contributed by atoms with Crippen molar-refractivity contribution in [3.63, 3.8) is 0 Å². The van der Waals surface area contributed by atoms with Crippen molar-refractivity contribution in [1.29, 1.82) is 0 Å². The lowest BCUT2D eigenvalue weighted by molar-refractivity contribution is -0.119. The van der Waals surface area contributed by atoms with Crippen LogP contribution in [0.4, 0.5) is 5.13 Å². The van der Waals surface area contributed by atoms with Crippen LogP contribution >= 0.6 is 34.4 Å². The zero-order valence-electron chi connectivity index (χ0n) is 15.1. The van der Waals surface area contributed by atoms with E-state index in [1.165, 1.54) is 48.3 Å². The van der Waals surface area contributed by atoms with Crippen LogP contribution in [0.1, 0.15) is 41.2 Å². The standard InChI is InChI=1S/C17H20N4O3S3/c1-10(22)18-8-7-13-5-6-15(26-13)14(24)9-25-17-20-19-16(27-17)21(11(2)23)12-3-4-12/h5-6,12H,3-4,7-9H2,1-2H3,(H,18,22). The average Bonchev–Trinajstić information content (AvgIpc) is 3.13. The number of thioether (sulfide) groups is 1. The molecule has 1 aliphatic rings. The van der Waals surface area contributed by atoms with Crippen LogP contribution in [0.5, 0.6) is 0 Å². The lowest BCUT2D eigenvalue weighted by Gasteiger charge is -2.15. The highest BCUT2D eigenvalue weighted by Crippen LogP contribution is 2.36. The smallest absolute Gasteiger partial charge is 0.225 e. The zero-order chi connectivity index (χ0) is 19.4. The van der Waals surface area contributed by atoms with Crippen LogP contribution in [0.25, 0.3) is 0 Å². The SMILES string of the molecule is CC(=O)NCCc1ccc(C(=O)CSc2nnc(N(C(C)=O)C3CC3)s2)s1. The van der Waals surface area contributed by atoms with E-state index in [2.05, 4.69) is 15.5 Å². The van der Waals surface area contributed by atoms with Gasteiger partial charge in [0.25, 0.3) is 0 Å². The molecule has 2 amide bonds. The molecule has 27 heavy (non-hydrogen) atoms. The predicted octanol–water partition coefficient (Wildman–Crippen LogP) is 2.77. The van der Waals surface area contributed by atoms with Gasteiger partial charge < -0.3 is 5.32 Å². The third-order valence-electron chi connectivity index (χ3n) is 3.86. The molecule has 1 saturated carbocycles. The van der Waals surface area contributed by atoms with Gasteiger partial charge in [-0.1, -0.05) is 23.1 Å². The van der Waals surface area contributed by atoms with Gasteiger partial charge in [0.2, 0.25) is 16.9 Å². The molecule has 2 aromatic rings. The fourth-order valence-electron chi connectivity index (χ4n) is 2.46. The number of nitrogens with one attached hydrogen (secondary N) is 1. The second-order valence-corrected chi connectivity index (χ2v) is 9.53. The van der Waals surface area contributed by atoms with Gasteiger partial charge in [0.15, 0.2) is 10.1 Å². The molecular weight excluding hydrogens is 404 g/mol. The number of hydrogen-bond donors (Lipinski definition) is 1. The Balaban J connectivity index is 1.51. The van der Waals surface area contributed by atoms with Gasteiger partial charge in [-0.15, -0.1) is 21.5 Å². The molecule has 144 valence electrons. The molecule has 0 saturated heterocycles. The molecule has 0 aromatic carbocycles. The number of hydrogen-bond acceptors (Lipinski definition) is 8. The Morgan fingerprint density at radius 1 is 1.22 bits per heavy atom. The molecule has 3 rings (SSSR count). The van der Waals surface area contributed by atoms with E-state index in [9.17, 15) is 14.4 Å². The number of carbonyl (C=O) groups excluding carboxylic acids is 3. The third-order valence-corrected chi connectivity index (χ3v) is 7.10. The van der Waals surface area contributed by atoms with E-state index in [0.29, 0.717) is 27.3 Å². The summed E-state index contributed by atoms with van der Waals surface area (Å²) in [5.41, 5.74) is 0. The number of nitrogens with zero attached hydrogens (tertiary/aromatic N) is 3. The summed E-state index contributed by atoms with van der Waals surface area (Å²) in [6.45, 7) is 3.59.